The molecule has 0 radical (unpaired) electrons. The van der Waals surface area contributed by atoms with Gasteiger partial charge < -0.3 is 4.74 Å². The van der Waals surface area contributed by atoms with Crippen molar-refractivity contribution in [3.05, 3.63) is 12.2 Å². The SMILES string of the molecule is C=C(C)C(=O)OCCCCCCCCCCCC(C)C. The first-order valence-corrected chi connectivity index (χ1v) is 8.36. The van der Waals surface area contributed by atoms with Crippen LogP contribution in [-0.2, 0) is 9.53 Å². The number of carbonyl (C=O) groups excluding carboxylic acids is 1. The standard InChI is InChI=1S/C18H34O2/c1-16(2)14-12-10-8-6-5-7-9-11-13-15-20-18(19)17(3)4/h16H,3,5-15H2,1-2,4H3. The molecule has 2 heteroatoms. The Bertz CT molecular complexity index is 256. The smallest absolute Gasteiger partial charge is 0.333 e. The van der Waals surface area contributed by atoms with E-state index in [1.54, 1.807) is 6.92 Å². The summed E-state index contributed by atoms with van der Waals surface area (Å²) in [6, 6.07) is 0. The molecule has 0 aromatic rings. The number of carbonyl (C=O) groups is 1. The van der Waals surface area contributed by atoms with Gasteiger partial charge in [0.25, 0.3) is 0 Å². The van der Waals surface area contributed by atoms with Crippen LogP contribution in [0.3, 0.4) is 0 Å². The van der Waals surface area contributed by atoms with Crippen LogP contribution in [0.15, 0.2) is 12.2 Å². The highest BCUT2D eigenvalue weighted by molar-refractivity contribution is 5.86. The molecule has 0 aromatic carbocycles. The molecule has 0 aliphatic carbocycles. The zero-order valence-corrected chi connectivity index (χ0v) is 13.9. The molecule has 0 saturated heterocycles. The summed E-state index contributed by atoms with van der Waals surface area (Å²) in [5, 5.41) is 0. The van der Waals surface area contributed by atoms with Gasteiger partial charge in [0.05, 0.1) is 6.61 Å². The second-order valence-corrected chi connectivity index (χ2v) is 6.28. The average molecular weight is 282 g/mol. The summed E-state index contributed by atoms with van der Waals surface area (Å²) in [7, 11) is 0. The molecule has 0 N–H and O–H groups in total. The highest BCUT2D eigenvalue weighted by atomic mass is 16.5. The van der Waals surface area contributed by atoms with Crippen molar-refractivity contribution >= 4 is 5.97 Å². The van der Waals surface area contributed by atoms with E-state index < -0.39 is 0 Å². The maximum absolute atomic E-state index is 11.1. The monoisotopic (exact) mass is 282 g/mol. The first-order valence-electron chi connectivity index (χ1n) is 8.36. The van der Waals surface area contributed by atoms with Crippen LogP contribution in [0.4, 0.5) is 0 Å². The Morgan fingerprint density at radius 2 is 1.35 bits per heavy atom. The third kappa shape index (κ3) is 13.6. The minimum absolute atomic E-state index is 0.258. The predicted molar refractivity (Wildman–Crippen MR) is 86.8 cm³/mol. The van der Waals surface area contributed by atoms with Crippen LogP contribution in [-0.4, -0.2) is 12.6 Å². The first kappa shape index (κ1) is 19.2. The molecule has 0 aliphatic heterocycles. The molecule has 0 atom stereocenters. The Labute approximate surface area is 126 Å². The molecule has 118 valence electrons. The summed E-state index contributed by atoms with van der Waals surface area (Å²) in [4.78, 5) is 11.1. The minimum atomic E-state index is -0.258. The minimum Gasteiger partial charge on any atom is -0.462 e. The number of hydrogen-bond acceptors (Lipinski definition) is 2. The Hall–Kier alpha value is -0.790. The largest absolute Gasteiger partial charge is 0.462 e. The van der Waals surface area contributed by atoms with Crippen LogP contribution < -0.4 is 0 Å². The lowest BCUT2D eigenvalue weighted by Crippen LogP contribution is -2.05. The van der Waals surface area contributed by atoms with Crippen LogP contribution in [0.5, 0.6) is 0 Å². The van der Waals surface area contributed by atoms with Crippen LogP contribution in [0, 0.1) is 5.92 Å². The van der Waals surface area contributed by atoms with Gasteiger partial charge in [-0.2, -0.15) is 0 Å². The van der Waals surface area contributed by atoms with Gasteiger partial charge in [0.15, 0.2) is 0 Å². The third-order valence-electron chi connectivity index (χ3n) is 3.51. The van der Waals surface area contributed by atoms with E-state index >= 15 is 0 Å². The van der Waals surface area contributed by atoms with E-state index in [1.165, 1.54) is 51.4 Å². The fourth-order valence-electron chi connectivity index (χ4n) is 2.18. The molecule has 0 heterocycles. The molecule has 0 amide bonds. The van der Waals surface area contributed by atoms with E-state index in [2.05, 4.69) is 20.4 Å². The number of hydrogen-bond donors (Lipinski definition) is 0. The molecular weight excluding hydrogens is 248 g/mol. The Morgan fingerprint density at radius 3 is 1.80 bits per heavy atom. The third-order valence-corrected chi connectivity index (χ3v) is 3.51. The van der Waals surface area contributed by atoms with Crippen molar-refractivity contribution in [1.29, 1.82) is 0 Å². The average Bonchev–Trinajstić information content (AvgIpc) is 2.39. The topological polar surface area (TPSA) is 26.3 Å². The number of rotatable bonds is 13. The van der Waals surface area contributed by atoms with Crippen molar-refractivity contribution in [3.8, 4) is 0 Å². The van der Waals surface area contributed by atoms with Crippen molar-refractivity contribution in [2.45, 2.75) is 85.0 Å². The molecule has 0 fully saturated rings. The van der Waals surface area contributed by atoms with Crippen LogP contribution in [0.2, 0.25) is 0 Å². The molecule has 0 aromatic heterocycles. The summed E-state index contributed by atoms with van der Waals surface area (Å²) in [6.07, 6.45) is 13.0. The van der Waals surface area contributed by atoms with E-state index in [4.69, 9.17) is 4.74 Å². The summed E-state index contributed by atoms with van der Waals surface area (Å²) in [6.45, 7) is 10.4. The molecule has 2 nitrogen and oxygen atoms in total. The van der Waals surface area contributed by atoms with Crippen molar-refractivity contribution < 1.29 is 9.53 Å². The Morgan fingerprint density at radius 1 is 0.900 bits per heavy atom. The van der Waals surface area contributed by atoms with Crippen molar-refractivity contribution in [2.75, 3.05) is 6.61 Å². The van der Waals surface area contributed by atoms with Gasteiger partial charge in [-0.05, 0) is 19.3 Å². The van der Waals surface area contributed by atoms with Gasteiger partial charge in [-0.1, -0.05) is 78.2 Å². The fraction of sp³-hybridized carbons (Fsp3) is 0.833. The van der Waals surface area contributed by atoms with Gasteiger partial charge in [0, 0.05) is 5.57 Å². The van der Waals surface area contributed by atoms with Crippen molar-refractivity contribution in [2.24, 2.45) is 5.92 Å². The second-order valence-electron chi connectivity index (χ2n) is 6.28. The summed E-state index contributed by atoms with van der Waals surface area (Å²) in [5.41, 5.74) is 0.488. The summed E-state index contributed by atoms with van der Waals surface area (Å²) in [5.74, 6) is 0.598. The van der Waals surface area contributed by atoms with E-state index in [1.807, 2.05) is 0 Å². The zero-order valence-electron chi connectivity index (χ0n) is 13.9. The zero-order chi connectivity index (χ0) is 15.2. The normalized spacial score (nSPS) is 10.8. The van der Waals surface area contributed by atoms with Gasteiger partial charge in [0.1, 0.15) is 0 Å². The number of unbranched alkanes of at least 4 members (excludes halogenated alkanes) is 8. The predicted octanol–water partition coefficient (Wildman–Crippen LogP) is 5.66. The van der Waals surface area contributed by atoms with Gasteiger partial charge in [-0.25, -0.2) is 4.79 Å². The lowest BCUT2D eigenvalue weighted by molar-refractivity contribution is -0.139. The number of esters is 1. The Kier molecular flexibility index (Phi) is 12.7. The van der Waals surface area contributed by atoms with Gasteiger partial charge >= 0.3 is 5.97 Å². The van der Waals surface area contributed by atoms with E-state index in [0.717, 1.165) is 18.8 Å². The second kappa shape index (κ2) is 13.2. The number of ether oxygens (including phenoxy) is 1. The van der Waals surface area contributed by atoms with Crippen molar-refractivity contribution in [3.63, 3.8) is 0 Å². The first-order chi connectivity index (χ1) is 9.54. The lowest BCUT2D eigenvalue weighted by Gasteiger charge is -2.05. The fourth-order valence-corrected chi connectivity index (χ4v) is 2.18. The van der Waals surface area contributed by atoms with Crippen LogP contribution >= 0.6 is 0 Å². The summed E-state index contributed by atoms with van der Waals surface area (Å²) >= 11 is 0. The highest BCUT2D eigenvalue weighted by Crippen LogP contribution is 2.13. The molecule has 0 saturated carbocycles. The molecule has 0 bridgehead atoms. The van der Waals surface area contributed by atoms with Crippen LogP contribution in [0.1, 0.15) is 85.0 Å². The maximum atomic E-state index is 11.1. The van der Waals surface area contributed by atoms with E-state index in [-0.39, 0.29) is 5.97 Å². The van der Waals surface area contributed by atoms with Crippen LogP contribution in [0.25, 0.3) is 0 Å². The van der Waals surface area contributed by atoms with Gasteiger partial charge in [-0.3, -0.25) is 0 Å². The Balaban J connectivity index is 3.10. The molecule has 20 heavy (non-hydrogen) atoms. The molecule has 0 aliphatic rings. The molecule has 0 rings (SSSR count). The van der Waals surface area contributed by atoms with Gasteiger partial charge in [0.2, 0.25) is 0 Å². The van der Waals surface area contributed by atoms with E-state index in [9.17, 15) is 4.79 Å². The highest BCUT2D eigenvalue weighted by Gasteiger charge is 2.01. The van der Waals surface area contributed by atoms with Gasteiger partial charge in [-0.15, -0.1) is 0 Å². The lowest BCUT2D eigenvalue weighted by atomic mass is 10.0. The van der Waals surface area contributed by atoms with E-state index in [0.29, 0.717) is 12.2 Å². The quantitative estimate of drug-likeness (QED) is 0.247. The molecule has 0 unspecified atom stereocenters. The molecule has 0 spiro atoms. The summed E-state index contributed by atoms with van der Waals surface area (Å²) < 4.78 is 5.06. The maximum Gasteiger partial charge on any atom is 0.333 e. The molecular formula is C18H34O2. The van der Waals surface area contributed by atoms with Crippen molar-refractivity contribution in [1.82, 2.24) is 0 Å².